The molecule has 0 saturated carbocycles. The van der Waals surface area contributed by atoms with Crippen molar-refractivity contribution in [1.82, 2.24) is 10.2 Å². The molecule has 1 aliphatic heterocycles. The maximum absolute atomic E-state index is 12.7. The summed E-state index contributed by atoms with van der Waals surface area (Å²) in [4.78, 5) is 38.3. The number of rotatable bonds is 4. The summed E-state index contributed by atoms with van der Waals surface area (Å²) in [6.45, 7) is 3.31. The molecular weight excluding hydrogens is 304 g/mol. The highest BCUT2D eigenvalue weighted by molar-refractivity contribution is 6.11. The van der Waals surface area contributed by atoms with Crippen molar-refractivity contribution in [2.75, 3.05) is 6.54 Å². The van der Waals surface area contributed by atoms with Crippen LogP contribution in [0.4, 0.5) is 4.79 Å². The number of hydrogen-bond donors (Lipinski definition) is 1. The summed E-state index contributed by atoms with van der Waals surface area (Å²) in [6.07, 6.45) is 0. The average molecular weight is 322 g/mol. The van der Waals surface area contributed by atoms with Gasteiger partial charge in [-0.2, -0.15) is 0 Å². The molecule has 24 heavy (non-hydrogen) atoms. The number of urea groups is 1. The fourth-order valence-corrected chi connectivity index (χ4v) is 2.78. The van der Waals surface area contributed by atoms with Gasteiger partial charge in [-0.3, -0.25) is 14.5 Å². The van der Waals surface area contributed by atoms with Gasteiger partial charge in [-0.05, 0) is 19.4 Å². The van der Waals surface area contributed by atoms with Crippen LogP contribution in [0, 0.1) is 6.92 Å². The Morgan fingerprint density at radius 2 is 1.67 bits per heavy atom. The van der Waals surface area contributed by atoms with Gasteiger partial charge >= 0.3 is 6.03 Å². The molecular formula is C19H18N2O3. The van der Waals surface area contributed by atoms with E-state index in [0.717, 1.165) is 10.5 Å². The van der Waals surface area contributed by atoms with Gasteiger partial charge in [-0.15, -0.1) is 0 Å². The van der Waals surface area contributed by atoms with Crippen LogP contribution in [-0.2, 0) is 10.3 Å². The lowest BCUT2D eigenvalue weighted by atomic mass is 9.92. The van der Waals surface area contributed by atoms with Crippen LogP contribution in [0.2, 0.25) is 0 Å². The molecule has 1 fully saturated rings. The molecule has 0 spiro atoms. The van der Waals surface area contributed by atoms with Crippen molar-refractivity contribution in [2.45, 2.75) is 19.4 Å². The van der Waals surface area contributed by atoms with Crippen LogP contribution in [0.1, 0.15) is 28.4 Å². The largest absolute Gasteiger partial charge is 0.325 e. The number of carbonyl (C=O) groups is 3. The second kappa shape index (κ2) is 5.92. The Labute approximate surface area is 140 Å². The number of imide groups is 1. The second-order valence-electron chi connectivity index (χ2n) is 6.10. The van der Waals surface area contributed by atoms with Gasteiger partial charge in [0.05, 0.1) is 6.54 Å². The fourth-order valence-electron chi connectivity index (χ4n) is 2.78. The monoisotopic (exact) mass is 322 g/mol. The molecule has 5 nitrogen and oxygen atoms in total. The van der Waals surface area contributed by atoms with Gasteiger partial charge in [0.2, 0.25) is 0 Å². The number of amides is 3. The molecule has 0 aliphatic carbocycles. The van der Waals surface area contributed by atoms with E-state index in [2.05, 4.69) is 5.32 Å². The van der Waals surface area contributed by atoms with Crippen molar-refractivity contribution in [2.24, 2.45) is 0 Å². The molecule has 1 N–H and O–H groups in total. The number of nitrogens with one attached hydrogen (secondary N) is 1. The SMILES string of the molecule is Cc1ccc(C(=O)CN2C(=O)NC(C)(c3ccccc3)C2=O)cc1. The highest BCUT2D eigenvalue weighted by Gasteiger charge is 2.49. The first-order chi connectivity index (χ1) is 11.4. The number of carbonyl (C=O) groups excluding carboxylic acids is 3. The van der Waals surface area contributed by atoms with Gasteiger partial charge in [0.25, 0.3) is 5.91 Å². The van der Waals surface area contributed by atoms with Crippen molar-refractivity contribution >= 4 is 17.7 Å². The first-order valence-corrected chi connectivity index (χ1v) is 7.71. The lowest BCUT2D eigenvalue weighted by Gasteiger charge is -2.22. The predicted molar refractivity (Wildman–Crippen MR) is 89.5 cm³/mol. The number of benzene rings is 2. The zero-order chi connectivity index (χ0) is 17.3. The Morgan fingerprint density at radius 3 is 2.29 bits per heavy atom. The molecule has 3 amide bonds. The zero-order valence-corrected chi connectivity index (χ0v) is 13.6. The Balaban J connectivity index is 1.82. The van der Waals surface area contributed by atoms with Gasteiger partial charge in [-0.1, -0.05) is 60.2 Å². The van der Waals surface area contributed by atoms with E-state index in [1.165, 1.54) is 0 Å². The lowest BCUT2D eigenvalue weighted by Crippen LogP contribution is -2.41. The Kier molecular flexibility index (Phi) is 3.93. The van der Waals surface area contributed by atoms with Crippen LogP contribution in [0.3, 0.4) is 0 Å². The standard InChI is InChI=1S/C19H18N2O3/c1-13-8-10-14(11-9-13)16(22)12-21-17(23)19(2,20-18(21)24)15-6-4-3-5-7-15/h3-11H,12H2,1-2H3,(H,20,24). The van der Waals surface area contributed by atoms with Crippen LogP contribution in [0.25, 0.3) is 0 Å². The Morgan fingerprint density at radius 1 is 1.04 bits per heavy atom. The van der Waals surface area contributed by atoms with E-state index in [1.54, 1.807) is 43.3 Å². The molecule has 0 bridgehead atoms. The van der Waals surface area contributed by atoms with E-state index < -0.39 is 17.5 Å². The molecule has 5 heteroatoms. The summed E-state index contributed by atoms with van der Waals surface area (Å²) in [6, 6.07) is 15.5. The lowest BCUT2D eigenvalue weighted by molar-refractivity contribution is -0.130. The van der Waals surface area contributed by atoms with Crippen molar-refractivity contribution < 1.29 is 14.4 Å². The third kappa shape index (κ3) is 2.69. The van der Waals surface area contributed by atoms with E-state index in [0.29, 0.717) is 11.1 Å². The number of nitrogens with zero attached hydrogens (tertiary/aromatic N) is 1. The van der Waals surface area contributed by atoms with Gasteiger partial charge in [0.1, 0.15) is 5.54 Å². The summed E-state index contributed by atoms with van der Waals surface area (Å²) >= 11 is 0. The molecule has 1 saturated heterocycles. The molecule has 122 valence electrons. The summed E-state index contributed by atoms with van der Waals surface area (Å²) in [5.74, 6) is -0.685. The summed E-state index contributed by atoms with van der Waals surface area (Å²) in [5, 5.41) is 2.70. The van der Waals surface area contributed by atoms with E-state index in [9.17, 15) is 14.4 Å². The van der Waals surface area contributed by atoms with E-state index in [-0.39, 0.29) is 12.3 Å². The van der Waals surface area contributed by atoms with E-state index in [4.69, 9.17) is 0 Å². The van der Waals surface area contributed by atoms with Gasteiger partial charge < -0.3 is 5.32 Å². The molecule has 0 aromatic heterocycles. The van der Waals surface area contributed by atoms with Crippen LogP contribution >= 0.6 is 0 Å². The number of hydrogen-bond acceptors (Lipinski definition) is 3. The summed E-state index contributed by atoms with van der Waals surface area (Å²) in [5.41, 5.74) is 1.06. The second-order valence-corrected chi connectivity index (χ2v) is 6.10. The van der Waals surface area contributed by atoms with E-state index in [1.807, 2.05) is 25.1 Å². The molecule has 2 aromatic rings. The van der Waals surface area contributed by atoms with Gasteiger partial charge in [0.15, 0.2) is 5.78 Å². The quantitative estimate of drug-likeness (QED) is 0.695. The summed E-state index contributed by atoms with van der Waals surface area (Å²) in [7, 11) is 0. The van der Waals surface area contributed by atoms with Crippen LogP contribution in [0.15, 0.2) is 54.6 Å². The number of ketones is 1. The number of aryl methyl sites for hydroxylation is 1. The smallest absolute Gasteiger partial charge is 0.319 e. The fraction of sp³-hybridized carbons (Fsp3) is 0.211. The predicted octanol–water partition coefficient (Wildman–Crippen LogP) is 2.64. The Hall–Kier alpha value is -2.95. The van der Waals surface area contributed by atoms with Crippen molar-refractivity contribution in [3.63, 3.8) is 0 Å². The molecule has 3 rings (SSSR count). The van der Waals surface area contributed by atoms with Crippen LogP contribution in [0.5, 0.6) is 0 Å². The molecule has 1 unspecified atom stereocenters. The van der Waals surface area contributed by atoms with Crippen LogP contribution < -0.4 is 5.32 Å². The van der Waals surface area contributed by atoms with Gasteiger partial charge in [0, 0.05) is 5.56 Å². The van der Waals surface area contributed by atoms with Crippen molar-refractivity contribution in [3.8, 4) is 0 Å². The molecule has 1 aliphatic rings. The normalized spacial score (nSPS) is 20.2. The van der Waals surface area contributed by atoms with Crippen LogP contribution in [-0.4, -0.2) is 29.2 Å². The van der Waals surface area contributed by atoms with Crippen molar-refractivity contribution in [3.05, 3.63) is 71.3 Å². The minimum Gasteiger partial charge on any atom is -0.319 e. The third-order valence-electron chi connectivity index (χ3n) is 4.30. The Bertz CT molecular complexity index is 799. The first kappa shape index (κ1) is 15.9. The third-order valence-corrected chi connectivity index (χ3v) is 4.30. The maximum atomic E-state index is 12.7. The first-order valence-electron chi connectivity index (χ1n) is 7.71. The highest BCUT2D eigenvalue weighted by atomic mass is 16.2. The topological polar surface area (TPSA) is 66.5 Å². The zero-order valence-electron chi connectivity index (χ0n) is 13.6. The average Bonchev–Trinajstić information content (AvgIpc) is 2.80. The van der Waals surface area contributed by atoms with Crippen molar-refractivity contribution in [1.29, 1.82) is 0 Å². The molecule has 1 heterocycles. The summed E-state index contributed by atoms with van der Waals surface area (Å²) < 4.78 is 0. The molecule has 0 radical (unpaired) electrons. The van der Waals surface area contributed by atoms with E-state index >= 15 is 0 Å². The maximum Gasteiger partial charge on any atom is 0.325 e. The molecule has 1 atom stereocenters. The minimum absolute atomic E-state index is 0.268. The highest BCUT2D eigenvalue weighted by Crippen LogP contribution is 2.28. The minimum atomic E-state index is -1.15. The van der Waals surface area contributed by atoms with Gasteiger partial charge in [-0.25, -0.2) is 4.79 Å². The molecule has 2 aromatic carbocycles. The number of Topliss-reactive ketones (excluding diaryl/α,β-unsaturated/α-hetero) is 1.